The monoisotopic (exact) mass is 804 g/mol. The number of allylic oxidation sites excluding steroid dienone is 1. The largest absolute Gasteiger partial charge is 0.496 e. The van der Waals surface area contributed by atoms with Gasteiger partial charge in [-0.1, -0.05) is 25.3 Å². The minimum atomic E-state index is -3.85. The lowest BCUT2D eigenvalue weighted by molar-refractivity contribution is -0.148. The first-order valence-corrected chi connectivity index (χ1v) is 22.6. The van der Waals surface area contributed by atoms with Gasteiger partial charge in [-0.15, -0.1) is 6.58 Å². The Kier molecular flexibility index (Phi) is 11.4. The highest BCUT2D eigenvalue weighted by Crippen LogP contribution is 2.57. The van der Waals surface area contributed by atoms with E-state index in [0.717, 1.165) is 73.5 Å². The average Bonchev–Trinajstić information content (AvgIpc) is 4.15. The van der Waals surface area contributed by atoms with E-state index in [9.17, 15) is 22.8 Å². The van der Waals surface area contributed by atoms with Crippen molar-refractivity contribution in [2.75, 3.05) is 33.4 Å². The predicted octanol–water partition coefficient (Wildman–Crippen LogP) is 4.89. The number of nitrogens with one attached hydrogen (secondary N) is 1. The number of carbonyl (C=O) groups excluding carboxylic acids is 4. The van der Waals surface area contributed by atoms with Crippen LogP contribution in [0.3, 0.4) is 0 Å². The van der Waals surface area contributed by atoms with E-state index < -0.39 is 44.7 Å². The fraction of sp³-hybridized carbons (Fsp3) is 0.651. The normalized spacial score (nSPS) is 30.2. The Morgan fingerprint density at radius 1 is 1.05 bits per heavy atom. The van der Waals surface area contributed by atoms with Crippen molar-refractivity contribution in [3.05, 3.63) is 42.6 Å². The van der Waals surface area contributed by atoms with Gasteiger partial charge in [0.15, 0.2) is 5.78 Å². The third kappa shape index (κ3) is 8.31. The molecule has 1 aromatic carbocycles. The van der Waals surface area contributed by atoms with E-state index in [1.807, 2.05) is 23.1 Å². The molecule has 5 fully saturated rings. The molecule has 308 valence electrons. The summed E-state index contributed by atoms with van der Waals surface area (Å²) in [5.74, 6) is -1.22. The van der Waals surface area contributed by atoms with Gasteiger partial charge in [0.1, 0.15) is 11.9 Å². The van der Waals surface area contributed by atoms with Crippen LogP contribution in [0.5, 0.6) is 11.6 Å². The number of hydrogen-bond acceptors (Lipinski definition) is 10. The average molecular weight is 805 g/mol. The Morgan fingerprint density at radius 3 is 2.60 bits per heavy atom. The van der Waals surface area contributed by atoms with Crippen molar-refractivity contribution in [3.8, 4) is 11.6 Å². The molecular formula is C43H56N4O9S. The number of piperidine rings is 1. The summed E-state index contributed by atoms with van der Waals surface area (Å²) in [4.78, 5) is 65.7. The molecule has 3 aliphatic heterocycles. The van der Waals surface area contributed by atoms with Crippen LogP contribution < -0.4 is 14.2 Å². The smallest absolute Gasteiger partial charge is 0.240 e. The standard InChI is InChI=1S/C43H56N4O9S/c1-3-30-23-43(30,42(51)45-57(52,53)33-13-14-33)24-37(48)36-21-32-26-47(36)41(50)35(27-9-5-4-6-10-27)22-39(49)46-17-7-12-31(25-46)55-18-8-11-29-19-34-28(20-38(29)54-2)15-16-44-40(34)56-32/h3,15-16,19-20,27,30-33,35-36H,1,4-14,17-18,21-26H2,2H3,(H,45,51)/t30-,31-,32+,35-,36-,43+/m0/s1. The predicted molar refractivity (Wildman–Crippen MR) is 212 cm³/mol. The van der Waals surface area contributed by atoms with E-state index in [0.29, 0.717) is 51.3 Å². The maximum atomic E-state index is 15.1. The van der Waals surface area contributed by atoms with Crippen LogP contribution in [-0.2, 0) is 40.4 Å². The van der Waals surface area contributed by atoms with Crippen LogP contribution >= 0.6 is 0 Å². The summed E-state index contributed by atoms with van der Waals surface area (Å²) in [6.07, 6.45) is 11.6. The summed E-state index contributed by atoms with van der Waals surface area (Å²) >= 11 is 0. The number of Topliss-reactive ketones (excluding diaryl/α,β-unsaturated/α-hetero) is 1. The van der Waals surface area contributed by atoms with Crippen molar-refractivity contribution in [2.45, 2.75) is 120 Å². The zero-order valence-corrected chi connectivity index (χ0v) is 33.8. The van der Waals surface area contributed by atoms with Crippen molar-refractivity contribution in [1.82, 2.24) is 19.5 Å². The maximum Gasteiger partial charge on any atom is 0.240 e. The molecule has 2 aromatic rings. The number of pyridine rings is 1. The van der Waals surface area contributed by atoms with E-state index >= 15 is 4.79 Å². The lowest BCUT2D eigenvalue weighted by atomic mass is 9.77. The Hall–Kier alpha value is -4.04. The second-order valence-corrected chi connectivity index (χ2v) is 19.3. The van der Waals surface area contributed by atoms with Crippen LogP contribution in [0, 0.1) is 23.2 Å². The molecule has 6 bridgehead atoms. The van der Waals surface area contributed by atoms with Gasteiger partial charge in [-0.25, -0.2) is 13.4 Å². The summed E-state index contributed by atoms with van der Waals surface area (Å²) < 4.78 is 46.7. The molecule has 6 aliphatic rings. The van der Waals surface area contributed by atoms with Crippen molar-refractivity contribution < 1.29 is 41.8 Å². The van der Waals surface area contributed by atoms with E-state index in [-0.39, 0.29) is 61.3 Å². The number of benzene rings is 1. The van der Waals surface area contributed by atoms with Crippen LogP contribution in [0.25, 0.3) is 10.8 Å². The summed E-state index contributed by atoms with van der Waals surface area (Å²) in [6.45, 7) is 5.60. The zero-order valence-electron chi connectivity index (χ0n) is 33.0. The van der Waals surface area contributed by atoms with Crippen LogP contribution in [0.4, 0.5) is 0 Å². The topological polar surface area (TPSA) is 162 Å². The first-order valence-electron chi connectivity index (χ1n) is 21.0. The highest BCUT2D eigenvalue weighted by molar-refractivity contribution is 7.90. The number of aromatic nitrogens is 1. The molecular weight excluding hydrogens is 749 g/mol. The Balaban J connectivity index is 1.14. The lowest BCUT2D eigenvalue weighted by Gasteiger charge is -2.37. The molecule has 3 saturated carbocycles. The fourth-order valence-electron chi connectivity index (χ4n) is 9.93. The summed E-state index contributed by atoms with van der Waals surface area (Å²) in [5.41, 5.74) is -0.289. The molecule has 4 heterocycles. The number of methoxy groups -OCH3 is 1. The number of hydrogen-bond donors (Lipinski definition) is 1. The number of carbonyl (C=O) groups is 4. The van der Waals surface area contributed by atoms with Gasteiger partial charge < -0.3 is 24.0 Å². The molecule has 13 nitrogen and oxygen atoms in total. The molecule has 14 heteroatoms. The molecule has 6 atom stereocenters. The maximum absolute atomic E-state index is 15.1. The summed E-state index contributed by atoms with van der Waals surface area (Å²) in [7, 11) is -2.20. The third-order valence-electron chi connectivity index (χ3n) is 13.5. The van der Waals surface area contributed by atoms with Crippen molar-refractivity contribution >= 4 is 44.3 Å². The van der Waals surface area contributed by atoms with Crippen LogP contribution in [0.2, 0.25) is 0 Å². The number of sulfonamides is 1. The number of nitrogens with zero attached hydrogens (tertiary/aromatic N) is 3. The van der Waals surface area contributed by atoms with Gasteiger partial charge in [-0.05, 0) is 98.8 Å². The highest BCUT2D eigenvalue weighted by Gasteiger charge is 2.61. The second-order valence-electron chi connectivity index (χ2n) is 17.3. The van der Waals surface area contributed by atoms with Gasteiger partial charge in [0.05, 0.1) is 36.5 Å². The molecule has 3 aliphatic carbocycles. The van der Waals surface area contributed by atoms with E-state index in [2.05, 4.69) is 16.3 Å². The van der Waals surface area contributed by atoms with Gasteiger partial charge in [-0.2, -0.15) is 0 Å². The van der Waals surface area contributed by atoms with E-state index in [1.54, 1.807) is 24.3 Å². The second kappa shape index (κ2) is 16.3. The van der Waals surface area contributed by atoms with Crippen LogP contribution in [0.1, 0.15) is 95.5 Å². The highest BCUT2D eigenvalue weighted by atomic mass is 32.2. The fourth-order valence-corrected chi connectivity index (χ4v) is 11.3. The van der Waals surface area contributed by atoms with Gasteiger partial charge >= 0.3 is 0 Å². The molecule has 1 N–H and O–H groups in total. The van der Waals surface area contributed by atoms with E-state index in [1.165, 1.54) is 0 Å². The SMILES string of the molecule is C=C[C@H]1C[C@]1(CC(=O)[C@@H]1C[C@@H]2CN1C(=O)[C@H](C1CCCCC1)CC(=O)N1CCC[C@@H](C1)OCCCc1cc3c(nccc3cc1OC)O2)C(=O)NS(=O)(=O)C1CC1. The number of amides is 3. The van der Waals surface area contributed by atoms with E-state index in [4.69, 9.17) is 14.2 Å². The van der Waals surface area contributed by atoms with Gasteiger partial charge in [0.2, 0.25) is 33.6 Å². The Bertz CT molecular complexity index is 2010. The van der Waals surface area contributed by atoms with Crippen LogP contribution in [-0.4, -0.2) is 104 Å². The molecule has 0 unspecified atom stereocenters. The first-order chi connectivity index (χ1) is 27.5. The number of ether oxygens (including phenoxy) is 3. The summed E-state index contributed by atoms with van der Waals surface area (Å²) in [6, 6.07) is 4.96. The molecule has 1 aromatic heterocycles. The molecule has 57 heavy (non-hydrogen) atoms. The molecule has 0 radical (unpaired) electrons. The zero-order chi connectivity index (χ0) is 39.9. The third-order valence-corrected chi connectivity index (χ3v) is 15.3. The summed E-state index contributed by atoms with van der Waals surface area (Å²) in [5, 5.41) is 1.06. The molecule has 8 rings (SSSR count). The molecule has 3 amide bonds. The Morgan fingerprint density at radius 2 is 1.86 bits per heavy atom. The molecule has 0 spiro atoms. The minimum absolute atomic E-state index is 0.0108. The van der Waals surface area contributed by atoms with Crippen molar-refractivity contribution in [2.24, 2.45) is 23.2 Å². The van der Waals surface area contributed by atoms with Gasteiger partial charge in [0.25, 0.3) is 0 Å². The minimum Gasteiger partial charge on any atom is -0.496 e. The first kappa shape index (κ1) is 39.8. The van der Waals surface area contributed by atoms with Gasteiger partial charge in [-0.3, -0.25) is 23.9 Å². The number of ketones is 1. The van der Waals surface area contributed by atoms with Crippen molar-refractivity contribution in [1.29, 1.82) is 0 Å². The lowest BCUT2D eigenvalue weighted by Crippen LogP contribution is -2.49. The quantitative estimate of drug-likeness (QED) is 0.346. The number of fused-ring (bicyclic) bond motifs is 5. The number of rotatable bonds is 9. The molecule has 2 saturated heterocycles. The van der Waals surface area contributed by atoms with Crippen LogP contribution in [0.15, 0.2) is 37.1 Å². The van der Waals surface area contributed by atoms with Gasteiger partial charge in [0, 0.05) is 56.5 Å². The number of aryl methyl sites for hydroxylation is 1. The Labute approximate surface area is 335 Å². The van der Waals surface area contributed by atoms with Crippen molar-refractivity contribution in [3.63, 3.8) is 0 Å².